The van der Waals surface area contributed by atoms with Crippen LogP contribution in [0.15, 0.2) is 59.5 Å². The van der Waals surface area contributed by atoms with Gasteiger partial charge >= 0.3 is 0 Å². The Balaban J connectivity index is 1.83. The first-order chi connectivity index (χ1) is 14.0. The Labute approximate surface area is 176 Å². The van der Waals surface area contributed by atoms with Crippen LogP contribution in [-0.2, 0) is 16.1 Å². The second-order valence-electron chi connectivity index (χ2n) is 6.68. The molecule has 3 heterocycles. The lowest BCUT2D eigenvalue weighted by atomic mass is 10.00. The topological polar surface area (TPSA) is 66.8 Å². The number of amides is 1. The fourth-order valence-electron chi connectivity index (χ4n) is 3.41. The molecule has 1 amide bonds. The number of carbonyl (C=O) groups is 2. The molecular weight excluding hydrogens is 406 g/mol. The molecule has 2 aromatic heterocycles. The SMILES string of the molecule is COc1ccc(/C(O)=C2\C(=O)C(=O)N(Cc3cccs3)C2c2ccc(C)s2)cc1. The summed E-state index contributed by atoms with van der Waals surface area (Å²) in [7, 11) is 1.56. The summed E-state index contributed by atoms with van der Waals surface area (Å²) in [6, 6.07) is 13.9. The summed E-state index contributed by atoms with van der Waals surface area (Å²) in [5, 5.41) is 12.9. The maximum absolute atomic E-state index is 12.9. The Morgan fingerprint density at radius 1 is 1.14 bits per heavy atom. The van der Waals surface area contributed by atoms with Crippen LogP contribution in [0.3, 0.4) is 0 Å². The number of hydrogen-bond donors (Lipinski definition) is 1. The van der Waals surface area contributed by atoms with E-state index in [9.17, 15) is 14.7 Å². The van der Waals surface area contributed by atoms with Crippen molar-refractivity contribution in [1.82, 2.24) is 4.90 Å². The second kappa shape index (κ2) is 7.85. The Morgan fingerprint density at radius 3 is 2.48 bits per heavy atom. The highest BCUT2D eigenvalue weighted by Gasteiger charge is 2.46. The molecule has 1 aromatic carbocycles. The number of carbonyl (C=O) groups excluding carboxylic acids is 2. The van der Waals surface area contributed by atoms with Crippen LogP contribution in [0.1, 0.15) is 26.2 Å². The van der Waals surface area contributed by atoms with Crippen molar-refractivity contribution in [2.75, 3.05) is 7.11 Å². The molecule has 29 heavy (non-hydrogen) atoms. The summed E-state index contributed by atoms with van der Waals surface area (Å²) >= 11 is 3.05. The van der Waals surface area contributed by atoms with Gasteiger partial charge in [-0.05, 0) is 54.8 Å². The normalized spacial score (nSPS) is 18.4. The van der Waals surface area contributed by atoms with Crippen molar-refractivity contribution in [2.24, 2.45) is 0 Å². The third-order valence-corrected chi connectivity index (χ3v) is 6.75. The van der Waals surface area contributed by atoms with Crippen molar-refractivity contribution in [1.29, 1.82) is 0 Å². The molecule has 4 rings (SSSR count). The van der Waals surface area contributed by atoms with Gasteiger partial charge in [0.1, 0.15) is 17.6 Å². The van der Waals surface area contributed by atoms with Crippen molar-refractivity contribution >= 4 is 40.1 Å². The molecule has 0 radical (unpaired) electrons. The van der Waals surface area contributed by atoms with E-state index < -0.39 is 17.7 Å². The number of aryl methyl sites for hydroxylation is 1. The molecular formula is C22H19NO4S2. The lowest BCUT2D eigenvalue weighted by Crippen LogP contribution is -2.28. The van der Waals surface area contributed by atoms with Crippen LogP contribution in [0.2, 0.25) is 0 Å². The number of methoxy groups -OCH3 is 1. The number of ketones is 1. The van der Waals surface area contributed by atoms with E-state index in [0.717, 1.165) is 14.6 Å². The summed E-state index contributed by atoms with van der Waals surface area (Å²) < 4.78 is 5.16. The minimum atomic E-state index is -0.661. The van der Waals surface area contributed by atoms with Gasteiger partial charge in [-0.25, -0.2) is 0 Å². The maximum atomic E-state index is 12.9. The fourth-order valence-corrected chi connectivity index (χ4v) is 5.12. The van der Waals surface area contributed by atoms with Crippen molar-refractivity contribution in [3.63, 3.8) is 0 Å². The van der Waals surface area contributed by atoms with E-state index in [0.29, 0.717) is 17.9 Å². The monoisotopic (exact) mass is 425 g/mol. The molecule has 3 aromatic rings. The highest BCUT2D eigenvalue weighted by atomic mass is 32.1. The number of nitrogens with zero attached hydrogens (tertiary/aromatic N) is 1. The third-order valence-electron chi connectivity index (χ3n) is 4.84. The molecule has 5 nitrogen and oxygen atoms in total. The van der Waals surface area contributed by atoms with Gasteiger partial charge in [0.25, 0.3) is 11.7 Å². The van der Waals surface area contributed by atoms with Crippen LogP contribution in [0.4, 0.5) is 0 Å². The van der Waals surface area contributed by atoms with Crippen LogP contribution >= 0.6 is 22.7 Å². The van der Waals surface area contributed by atoms with Crippen molar-refractivity contribution in [3.8, 4) is 5.75 Å². The summed E-state index contributed by atoms with van der Waals surface area (Å²) in [6.07, 6.45) is 0. The minimum absolute atomic E-state index is 0.124. The second-order valence-corrected chi connectivity index (χ2v) is 9.04. The average molecular weight is 426 g/mol. The van der Waals surface area contributed by atoms with Gasteiger partial charge in [-0.2, -0.15) is 0 Å². The zero-order valence-corrected chi connectivity index (χ0v) is 17.5. The highest BCUT2D eigenvalue weighted by molar-refractivity contribution is 7.12. The quantitative estimate of drug-likeness (QED) is 0.364. The van der Waals surface area contributed by atoms with Crippen LogP contribution < -0.4 is 4.74 Å². The Hall–Kier alpha value is -2.90. The van der Waals surface area contributed by atoms with Gasteiger partial charge in [-0.1, -0.05) is 6.07 Å². The van der Waals surface area contributed by atoms with Gasteiger partial charge < -0.3 is 14.7 Å². The highest BCUT2D eigenvalue weighted by Crippen LogP contribution is 2.42. The number of thiophene rings is 2. The van der Waals surface area contributed by atoms with E-state index in [1.807, 2.05) is 36.6 Å². The first kappa shape index (κ1) is 19.4. The summed E-state index contributed by atoms with van der Waals surface area (Å²) in [5.41, 5.74) is 0.594. The summed E-state index contributed by atoms with van der Waals surface area (Å²) in [5.74, 6) is -0.781. The number of likely N-dealkylation sites (tertiary alicyclic amines) is 1. The minimum Gasteiger partial charge on any atom is -0.507 e. The van der Waals surface area contributed by atoms with Crippen LogP contribution in [0.25, 0.3) is 5.76 Å². The molecule has 1 fully saturated rings. The number of aliphatic hydroxyl groups excluding tert-OH is 1. The van der Waals surface area contributed by atoms with Gasteiger partial charge in [0, 0.05) is 20.2 Å². The molecule has 1 saturated heterocycles. The largest absolute Gasteiger partial charge is 0.507 e. The molecule has 0 saturated carbocycles. The standard InChI is InChI=1S/C22H19NO4S2/c1-13-5-10-17(29-13)19-18(20(24)14-6-8-15(27-2)9-7-14)21(25)22(26)23(19)12-16-4-3-11-28-16/h3-11,19,24H,12H2,1-2H3/b20-18+. The maximum Gasteiger partial charge on any atom is 0.296 e. The van der Waals surface area contributed by atoms with Gasteiger partial charge in [0.2, 0.25) is 0 Å². The van der Waals surface area contributed by atoms with Crippen molar-refractivity contribution < 1.29 is 19.4 Å². The smallest absolute Gasteiger partial charge is 0.296 e. The first-order valence-corrected chi connectivity index (χ1v) is 10.7. The molecule has 148 valence electrons. The van der Waals surface area contributed by atoms with E-state index in [2.05, 4.69) is 0 Å². The summed E-state index contributed by atoms with van der Waals surface area (Å²) in [4.78, 5) is 30.3. The predicted molar refractivity (Wildman–Crippen MR) is 114 cm³/mol. The molecule has 1 aliphatic heterocycles. The van der Waals surface area contributed by atoms with E-state index in [-0.39, 0.29) is 11.3 Å². The van der Waals surface area contributed by atoms with Gasteiger partial charge in [-0.3, -0.25) is 9.59 Å². The van der Waals surface area contributed by atoms with E-state index in [4.69, 9.17) is 4.74 Å². The third kappa shape index (κ3) is 3.59. The molecule has 0 bridgehead atoms. The van der Waals surface area contributed by atoms with Crippen LogP contribution in [0, 0.1) is 6.92 Å². The summed E-state index contributed by atoms with van der Waals surface area (Å²) in [6.45, 7) is 2.30. The predicted octanol–water partition coefficient (Wildman–Crippen LogP) is 4.75. The van der Waals surface area contributed by atoms with E-state index >= 15 is 0 Å². The van der Waals surface area contributed by atoms with Crippen LogP contribution in [0.5, 0.6) is 5.75 Å². The van der Waals surface area contributed by atoms with Crippen LogP contribution in [-0.4, -0.2) is 28.8 Å². The molecule has 1 aliphatic rings. The van der Waals surface area contributed by atoms with Gasteiger partial charge in [-0.15, -0.1) is 22.7 Å². The molecule has 0 spiro atoms. The Bertz CT molecular complexity index is 1080. The molecule has 1 N–H and O–H groups in total. The molecule has 1 atom stereocenters. The Kier molecular flexibility index (Phi) is 5.25. The van der Waals surface area contributed by atoms with E-state index in [1.54, 1.807) is 36.3 Å². The number of hydrogen-bond acceptors (Lipinski definition) is 6. The zero-order valence-electron chi connectivity index (χ0n) is 15.9. The van der Waals surface area contributed by atoms with Gasteiger partial charge in [0.15, 0.2) is 0 Å². The van der Waals surface area contributed by atoms with Gasteiger partial charge in [0.05, 0.1) is 19.2 Å². The lowest BCUT2D eigenvalue weighted by molar-refractivity contribution is -0.140. The number of Topliss-reactive ketones (excluding diaryl/α,β-unsaturated/α-hetero) is 1. The molecule has 7 heteroatoms. The zero-order chi connectivity index (χ0) is 20.5. The molecule has 1 unspecified atom stereocenters. The Morgan fingerprint density at radius 2 is 1.90 bits per heavy atom. The number of ether oxygens (including phenoxy) is 1. The number of aliphatic hydroxyl groups is 1. The number of benzene rings is 1. The number of rotatable bonds is 5. The fraction of sp³-hybridized carbons (Fsp3) is 0.182. The average Bonchev–Trinajstić information content (AvgIpc) is 3.45. The van der Waals surface area contributed by atoms with E-state index in [1.165, 1.54) is 22.7 Å². The lowest BCUT2D eigenvalue weighted by Gasteiger charge is -2.23. The molecule has 0 aliphatic carbocycles. The first-order valence-electron chi connectivity index (χ1n) is 9.01. The van der Waals surface area contributed by atoms with Crippen molar-refractivity contribution in [3.05, 3.63) is 79.7 Å². The van der Waals surface area contributed by atoms with Crippen molar-refractivity contribution in [2.45, 2.75) is 19.5 Å².